The summed E-state index contributed by atoms with van der Waals surface area (Å²) in [7, 11) is 0. The molecule has 0 saturated carbocycles. The first-order chi connectivity index (χ1) is 12.9. The maximum absolute atomic E-state index is 13.6. The van der Waals surface area contributed by atoms with Crippen LogP contribution in [-0.2, 0) is 10.5 Å². The van der Waals surface area contributed by atoms with E-state index < -0.39 is 0 Å². The normalized spacial score (nSPS) is 12.0. The maximum atomic E-state index is 13.6. The Morgan fingerprint density at radius 2 is 1.96 bits per heavy atom. The number of benzene rings is 2. The van der Waals surface area contributed by atoms with E-state index in [1.807, 2.05) is 31.2 Å². The lowest BCUT2D eigenvalue weighted by atomic mass is 10.1. The van der Waals surface area contributed by atoms with Gasteiger partial charge in [0, 0.05) is 11.3 Å². The fraction of sp³-hybridized carbons (Fsp3) is 0.250. The molecule has 0 aliphatic heterocycles. The summed E-state index contributed by atoms with van der Waals surface area (Å²) >= 11 is 1.37. The van der Waals surface area contributed by atoms with Crippen LogP contribution >= 0.6 is 11.8 Å². The Labute approximate surface area is 161 Å². The lowest BCUT2D eigenvalue weighted by Crippen LogP contribution is -2.22. The first-order valence-electron chi connectivity index (χ1n) is 8.50. The lowest BCUT2D eigenvalue weighted by Gasteiger charge is -2.11. The van der Waals surface area contributed by atoms with Crippen molar-refractivity contribution in [2.45, 2.75) is 31.8 Å². The van der Waals surface area contributed by atoms with E-state index in [1.165, 1.54) is 17.8 Å². The molecule has 0 radical (unpaired) electrons. The SMILES string of the molecule is Cc1ccc(-c2noc(CSC(C)C(=O)Nc3ccc(C)c(F)c3)n2)cc1. The third-order valence-corrected chi connectivity index (χ3v) is 5.17. The van der Waals surface area contributed by atoms with Crippen LogP contribution in [-0.4, -0.2) is 21.3 Å². The van der Waals surface area contributed by atoms with Gasteiger partial charge in [-0.05, 0) is 38.5 Å². The molecule has 1 N–H and O–H groups in total. The van der Waals surface area contributed by atoms with E-state index in [0.29, 0.717) is 28.7 Å². The van der Waals surface area contributed by atoms with Gasteiger partial charge in [-0.15, -0.1) is 11.8 Å². The van der Waals surface area contributed by atoms with E-state index in [2.05, 4.69) is 15.5 Å². The quantitative estimate of drug-likeness (QED) is 0.663. The molecule has 1 amide bonds. The molecule has 0 aliphatic carbocycles. The van der Waals surface area contributed by atoms with E-state index in [1.54, 1.807) is 26.0 Å². The summed E-state index contributed by atoms with van der Waals surface area (Å²) < 4.78 is 18.8. The van der Waals surface area contributed by atoms with E-state index in [4.69, 9.17) is 4.52 Å². The van der Waals surface area contributed by atoms with E-state index in [-0.39, 0.29) is 17.0 Å². The van der Waals surface area contributed by atoms with E-state index in [9.17, 15) is 9.18 Å². The van der Waals surface area contributed by atoms with Gasteiger partial charge in [-0.1, -0.05) is 41.1 Å². The third kappa shape index (κ3) is 4.95. The van der Waals surface area contributed by atoms with Crippen molar-refractivity contribution in [3.8, 4) is 11.4 Å². The number of nitrogens with zero attached hydrogens (tertiary/aromatic N) is 2. The summed E-state index contributed by atoms with van der Waals surface area (Å²) in [5.41, 5.74) is 3.02. The van der Waals surface area contributed by atoms with Crippen LogP contribution in [0.4, 0.5) is 10.1 Å². The Hall–Kier alpha value is -2.67. The van der Waals surface area contributed by atoms with Gasteiger partial charge in [-0.3, -0.25) is 4.79 Å². The summed E-state index contributed by atoms with van der Waals surface area (Å²) in [6, 6.07) is 12.5. The predicted octanol–water partition coefficient (Wildman–Crippen LogP) is 4.75. The Morgan fingerprint density at radius 1 is 1.22 bits per heavy atom. The molecule has 3 aromatic rings. The number of rotatable bonds is 6. The van der Waals surface area contributed by atoms with Gasteiger partial charge in [0.1, 0.15) is 5.82 Å². The van der Waals surface area contributed by atoms with Gasteiger partial charge >= 0.3 is 0 Å². The molecule has 0 spiro atoms. The molecule has 1 heterocycles. The zero-order chi connectivity index (χ0) is 19.4. The smallest absolute Gasteiger partial charge is 0.237 e. The van der Waals surface area contributed by atoms with Crippen LogP contribution in [0.3, 0.4) is 0 Å². The Balaban J connectivity index is 1.55. The zero-order valence-electron chi connectivity index (χ0n) is 15.3. The molecule has 0 fully saturated rings. The fourth-order valence-corrected chi connectivity index (χ4v) is 3.04. The monoisotopic (exact) mass is 385 g/mol. The van der Waals surface area contributed by atoms with Crippen molar-refractivity contribution in [2.75, 3.05) is 5.32 Å². The second kappa shape index (κ2) is 8.35. The fourth-order valence-electron chi connectivity index (χ4n) is 2.32. The number of aryl methyl sites for hydroxylation is 2. The van der Waals surface area contributed by atoms with Crippen molar-refractivity contribution < 1.29 is 13.7 Å². The zero-order valence-corrected chi connectivity index (χ0v) is 16.1. The predicted molar refractivity (Wildman–Crippen MR) is 105 cm³/mol. The van der Waals surface area contributed by atoms with Crippen molar-refractivity contribution in [3.05, 3.63) is 65.3 Å². The molecule has 1 aromatic heterocycles. The number of hydrogen-bond donors (Lipinski definition) is 1. The number of halogens is 1. The summed E-state index contributed by atoms with van der Waals surface area (Å²) in [4.78, 5) is 16.6. The highest BCUT2D eigenvalue weighted by Gasteiger charge is 2.16. The number of thioether (sulfide) groups is 1. The highest BCUT2D eigenvalue weighted by molar-refractivity contribution is 7.99. The van der Waals surface area contributed by atoms with Crippen LogP contribution in [0, 0.1) is 19.7 Å². The summed E-state index contributed by atoms with van der Waals surface area (Å²) in [5, 5.41) is 6.34. The number of hydrogen-bond acceptors (Lipinski definition) is 5. The molecule has 7 heteroatoms. The van der Waals surface area contributed by atoms with Crippen molar-refractivity contribution in [3.63, 3.8) is 0 Å². The van der Waals surface area contributed by atoms with Crippen molar-refractivity contribution in [1.82, 2.24) is 10.1 Å². The van der Waals surface area contributed by atoms with Gasteiger partial charge in [0.25, 0.3) is 0 Å². The van der Waals surface area contributed by atoms with Crippen molar-refractivity contribution in [2.24, 2.45) is 0 Å². The second-order valence-electron chi connectivity index (χ2n) is 6.28. The topological polar surface area (TPSA) is 68.0 Å². The minimum absolute atomic E-state index is 0.207. The number of anilines is 1. The van der Waals surface area contributed by atoms with Gasteiger partial charge in [0.15, 0.2) is 0 Å². The second-order valence-corrected chi connectivity index (χ2v) is 7.61. The van der Waals surface area contributed by atoms with Crippen molar-refractivity contribution >= 4 is 23.4 Å². The van der Waals surface area contributed by atoms with Crippen molar-refractivity contribution in [1.29, 1.82) is 0 Å². The van der Waals surface area contributed by atoms with Gasteiger partial charge in [-0.25, -0.2) is 4.39 Å². The third-order valence-electron chi connectivity index (χ3n) is 4.04. The largest absolute Gasteiger partial charge is 0.338 e. The molecule has 140 valence electrons. The van der Waals surface area contributed by atoms with Gasteiger partial charge in [0.05, 0.1) is 11.0 Å². The molecule has 3 rings (SSSR count). The molecule has 1 atom stereocenters. The first-order valence-corrected chi connectivity index (χ1v) is 9.55. The average Bonchev–Trinajstić information content (AvgIpc) is 3.12. The lowest BCUT2D eigenvalue weighted by molar-refractivity contribution is -0.115. The average molecular weight is 385 g/mol. The first kappa shape index (κ1) is 19.1. The van der Waals surface area contributed by atoms with E-state index in [0.717, 1.165) is 11.1 Å². The molecule has 27 heavy (non-hydrogen) atoms. The summed E-state index contributed by atoms with van der Waals surface area (Å²) in [6.45, 7) is 5.47. The van der Waals surface area contributed by atoms with Gasteiger partial charge in [0.2, 0.25) is 17.6 Å². The Bertz CT molecular complexity index is 941. The molecule has 1 unspecified atom stereocenters. The Kier molecular flexibility index (Phi) is 5.91. The molecule has 0 bridgehead atoms. The van der Waals surface area contributed by atoms with Crippen LogP contribution in [0.1, 0.15) is 23.9 Å². The number of carbonyl (C=O) groups is 1. The molecular weight excluding hydrogens is 365 g/mol. The highest BCUT2D eigenvalue weighted by Crippen LogP contribution is 2.22. The van der Waals surface area contributed by atoms with Crippen LogP contribution < -0.4 is 5.32 Å². The molecular formula is C20H20FN3O2S. The standard InChI is InChI=1S/C20H20FN3O2S/c1-12-4-7-15(8-5-12)19-23-18(26-24-19)11-27-14(3)20(25)22-16-9-6-13(2)17(21)10-16/h4-10,14H,11H2,1-3H3,(H,22,25). The number of aromatic nitrogens is 2. The van der Waals surface area contributed by atoms with Crippen LogP contribution in [0.15, 0.2) is 47.0 Å². The summed E-state index contributed by atoms with van der Waals surface area (Å²) in [5.74, 6) is 0.842. The maximum Gasteiger partial charge on any atom is 0.237 e. The minimum atomic E-state index is -0.357. The van der Waals surface area contributed by atoms with Crippen LogP contribution in [0.25, 0.3) is 11.4 Å². The van der Waals surface area contributed by atoms with Crippen LogP contribution in [0.2, 0.25) is 0 Å². The number of amides is 1. The number of carbonyl (C=O) groups excluding carboxylic acids is 1. The highest BCUT2D eigenvalue weighted by atomic mass is 32.2. The molecule has 2 aromatic carbocycles. The molecule has 0 aliphatic rings. The number of nitrogens with one attached hydrogen (secondary N) is 1. The van der Waals surface area contributed by atoms with Crippen LogP contribution in [0.5, 0.6) is 0 Å². The minimum Gasteiger partial charge on any atom is -0.338 e. The Morgan fingerprint density at radius 3 is 2.67 bits per heavy atom. The van der Waals surface area contributed by atoms with Gasteiger partial charge < -0.3 is 9.84 Å². The van der Waals surface area contributed by atoms with E-state index >= 15 is 0 Å². The van der Waals surface area contributed by atoms with Gasteiger partial charge in [-0.2, -0.15) is 4.98 Å². The summed E-state index contributed by atoms with van der Waals surface area (Å²) in [6.07, 6.45) is 0. The molecule has 5 nitrogen and oxygen atoms in total. The molecule has 0 saturated heterocycles.